The van der Waals surface area contributed by atoms with Crippen molar-refractivity contribution in [3.05, 3.63) is 106 Å². The van der Waals surface area contributed by atoms with E-state index >= 15 is 0 Å². The van der Waals surface area contributed by atoms with E-state index in [1.54, 1.807) is 0 Å². The Bertz CT molecular complexity index is 1720. The van der Waals surface area contributed by atoms with E-state index in [2.05, 4.69) is 29.0 Å². The van der Waals surface area contributed by atoms with E-state index in [0.29, 0.717) is 13.1 Å². The Morgan fingerprint density at radius 2 is 1.38 bits per heavy atom. The van der Waals surface area contributed by atoms with E-state index in [4.69, 9.17) is 0 Å². The number of hydrogen-bond donors (Lipinski definition) is 1. The molecule has 1 N–H and O–H groups in total. The van der Waals surface area contributed by atoms with Crippen molar-refractivity contribution in [1.29, 1.82) is 0 Å². The lowest BCUT2D eigenvalue weighted by atomic mass is 10.0. The molecular weight excluding hydrogens is 480 g/mol. The van der Waals surface area contributed by atoms with Gasteiger partial charge in [-0.2, -0.15) is 0 Å². The van der Waals surface area contributed by atoms with E-state index in [-0.39, 0.29) is 11.3 Å². The Kier molecular flexibility index (Phi) is 7.40. The molecule has 0 saturated carbocycles. The molecule has 6 heteroatoms. The summed E-state index contributed by atoms with van der Waals surface area (Å²) in [6, 6.07) is 27.9. The number of benzene rings is 4. The Morgan fingerprint density at radius 3 is 2.16 bits per heavy atom. The maximum Gasteiger partial charge on any atom is 0.258 e. The fourth-order valence-corrected chi connectivity index (χ4v) is 6.25. The minimum atomic E-state index is -3.35. The SMILES string of the molecule is Cc1ccc(CS(=O)(=O)NCCCCCCn2c(=O)c3ccccc3c3ccc4ccccc4c32)cc1. The molecule has 0 unspecified atom stereocenters. The van der Waals surface area contributed by atoms with Gasteiger partial charge in [-0.3, -0.25) is 4.79 Å². The highest BCUT2D eigenvalue weighted by atomic mass is 32.2. The van der Waals surface area contributed by atoms with E-state index in [1.807, 2.05) is 72.2 Å². The first-order valence-corrected chi connectivity index (χ1v) is 14.5. The Balaban J connectivity index is 1.24. The lowest BCUT2D eigenvalue weighted by molar-refractivity contribution is 0.557. The minimum Gasteiger partial charge on any atom is -0.307 e. The third-order valence-corrected chi connectivity index (χ3v) is 8.33. The predicted molar refractivity (Wildman–Crippen MR) is 153 cm³/mol. The van der Waals surface area contributed by atoms with Crippen LogP contribution in [0.25, 0.3) is 32.4 Å². The highest BCUT2D eigenvalue weighted by Crippen LogP contribution is 2.29. The fraction of sp³-hybridized carbons (Fsp3) is 0.258. The molecule has 5 nitrogen and oxygen atoms in total. The molecule has 0 aliphatic heterocycles. The van der Waals surface area contributed by atoms with Crippen LogP contribution in [0.4, 0.5) is 0 Å². The number of sulfonamides is 1. The van der Waals surface area contributed by atoms with Crippen LogP contribution in [-0.2, 0) is 22.3 Å². The van der Waals surface area contributed by atoms with Gasteiger partial charge < -0.3 is 4.57 Å². The van der Waals surface area contributed by atoms with E-state index < -0.39 is 10.0 Å². The number of unbranched alkanes of at least 4 members (excludes halogenated alkanes) is 3. The van der Waals surface area contributed by atoms with Gasteiger partial charge in [0, 0.05) is 29.2 Å². The highest BCUT2D eigenvalue weighted by molar-refractivity contribution is 7.88. The second-order valence-electron chi connectivity index (χ2n) is 9.74. The third-order valence-electron chi connectivity index (χ3n) is 6.97. The molecule has 190 valence electrons. The van der Waals surface area contributed by atoms with Gasteiger partial charge in [0.1, 0.15) is 0 Å². The van der Waals surface area contributed by atoms with Crippen LogP contribution in [0.5, 0.6) is 0 Å². The molecular formula is C31H32N2O3S. The Labute approximate surface area is 217 Å². The van der Waals surface area contributed by atoms with Crippen LogP contribution in [0.3, 0.4) is 0 Å². The maximum atomic E-state index is 13.5. The van der Waals surface area contributed by atoms with Crippen LogP contribution >= 0.6 is 0 Å². The van der Waals surface area contributed by atoms with Crippen molar-refractivity contribution in [3.63, 3.8) is 0 Å². The molecule has 0 fully saturated rings. The summed E-state index contributed by atoms with van der Waals surface area (Å²) in [4.78, 5) is 13.5. The van der Waals surface area contributed by atoms with Gasteiger partial charge in [-0.15, -0.1) is 0 Å². The van der Waals surface area contributed by atoms with Crippen LogP contribution in [0.15, 0.2) is 89.7 Å². The number of pyridine rings is 1. The van der Waals surface area contributed by atoms with Crippen molar-refractivity contribution in [2.45, 2.75) is 44.9 Å². The molecule has 4 aromatic carbocycles. The standard InChI is InChI=1S/C31H32N2O3S/c1-23-14-16-24(17-15-23)22-37(35,36)32-20-8-2-3-9-21-33-30-26-11-5-4-10-25(26)18-19-28(30)27-12-6-7-13-29(27)31(33)34/h4-7,10-19,32H,2-3,8-9,20-22H2,1H3. The van der Waals surface area contributed by atoms with Crippen molar-refractivity contribution in [2.24, 2.45) is 0 Å². The van der Waals surface area contributed by atoms with Crippen molar-refractivity contribution in [2.75, 3.05) is 6.54 Å². The molecule has 0 spiro atoms. The van der Waals surface area contributed by atoms with Gasteiger partial charge in [-0.25, -0.2) is 13.1 Å². The van der Waals surface area contributed by atoms with Crippen molar-refractivity contribution in [3.8, 4) is 0 Å². The summed E-state index contributed by atoms with van der Waals surface area (Å²) in [6.45, 7) is 3.04. The van der Waals surface area contributed by atoms with Gasteiger partial charge in [-0.1, -0.05) is 97.3 Å². The fourth-order valence-electron chi connectivity index (χ4n) is 5.06. The van der Waals surface area contributed by atoms with Gasteiger partial charge in [0.15, 0.2) is 0 Å². The predicted octanol–water partition coefficient (Wildman–Crippen LogP) is 6.30. The lowest BCUT2D eigenvalue weighted by Gasteiger charge is -2.15. The first-order chi connectivity index (χ1) is 17.9. The van der Waals surface area contributed by atoms with Gasteiger partial charge in [0.05, 0.1) is 11.3 Å². The number of rotatable bonds is 10. The molecule has 1 aromatic heterocycles. The molecule has 5 rings (SSSR count). The molecule has 0 bridgehead atoms. The molecule has 0 amide bonds. The minimum absolute atomic E-state index is 0.000802. The van der Waals surface area contributed by atoms with Crippen LogP contribution < -0.4 is 10.3 Å². The van der Waals surface area contributed by atoms with Gasteiger partial charge in [-0.05, 0) is 42.2 Å². The second-order valence-corrected chi connectivity index (χ2v) is 11.5. The zero-order valence-corrected chi connectivity index (χ0v) is 21.9. The van der Waals surface area contributed by atoms with Crippen molar-refractivity contribution in [1.82, 2.24) is 9.29 Å². The molecule has 0 radical (unpaired) electrons. The normalized spacial score (nSPS) is 12.0. The summed E-state index contributed by atoms with van der Waals surface area (Å²) in [7, 11) is -3.35. The zero-order valence-electron chi connectivity index (χ0n) is 21.1. The zero-order chi connectivity index (χ0) is 25.8. The smallest absolute Gasteiger partial charge is 0.258 e. The van der Waals surface area contributed by atoms with E-state index in [1.165, 1.54) is 0 Å². The summed E-state index contributed by atoms with van der Waals surface area (Å²) in [5.74, 6) is -0.000802. The summed E-state index contributed by atoms with van der Waals surface area (Å²) in [6.07, 6.45) is 3.44. The maximum absolute atomic E-state index is 13.5. The molecule has 37 heavy (non-hydrogen) atoms. The monoisotopic (exact) mass is 512 g/mol. The molecule has 5 aromatic rings. The number of fused-ring (bicyclic) bond motifs is 5. The molecule has 1 heterocycles. The quantitative estimate of drug-likeness (QED) is 0.176. The largest absolute Gasteiger partial charge is 0.307 e. The Hall–Kier alpha value is -3.48. The molecule has 0 aliphatic carbocycles. The highest BCUT2D eigenvalue weighted by Gasteiger charge is 2.13. The molecule has 0 saturated heterocycles. The van der Waals surface area contributed by atoms with Crippen LogP contribution in [-0.4, -0.2) is 19.5 Å². The van der Waals surface area contributed by atoms with Crippen molar-refractivity contribution < 1.29 is 8.42 Å². The molecule has 0 aliphatic rings. The summed E-state index contributed by atoms with van der Waals surface area (Å²) < 4.78 is 29.4. The molecule has 0 atom stereocenters. The average molecular weight is 513 g/mol. The topological polar surface area (TPSA) is 68.2 Å². The Morgan fingerprint density at radius 1 is 0.703 bits per heavy atom. The number of nitrogens with one attached hydrogen (secondary N) is 1. The first kappa shape index (κ1) is 25.2. The van der Waals surface area contributed by atoms with Gasteiger partial charge >= 0.3 is 0 Å². The van der Waals surface area contributed by atoms with E-state index in [9.17, 15) is 13.2 Å². The third kappa shape index (κ3) is 5.60. The van der Waals surface area contributed by atoms with Crippen LogP contribution in [0.2, 0.25) is 0 Å². The summed E-state index contributed by atoms with van der Waals surface area (Å²) >= 11 is 0. The first-order valence-electron chi connectivity index (χ1n) is 12.9. The van der Waals surface area contributed by atoms with Gasteiger partial charge in [0.2, 0.25) is 10.0 Å². The number of aromatic nitrogens is 1. The lowest BCUT2D eigenvalue weighted by Crippen LogP contribution is -2.26. The number of aryl methyl sites for hydroxylation is 2. The number of hydrogen-bond acceptors (Lipinski definition) is 3. The summed E-state index contributed by atoms with van der Waals surface area (Å²) in [5, 5.41) is 5.04. The number of nitrogens with zero attached hydrogens (tertiary/aromatic N) is 1. The summed E-state index contributed by atoms with van der Waals surface area (Å²) in [5.41, 5.74) is 2.94. The van der Waals surface area contributed by atoms with Crippen molar-refractivity contribution >= 4 is 42.5 Å². The average Bonchev–Trinajstić information content (AvgIpc) is 2.90. The van der Waals surface area contributed by atoms with Gasteiger partial charge in [0.25, 0.3) is 5.56 Å². The van der Waals surface area contributed by atoms with E-state index in [0.717, 1.165) is 69.3 Å². The van der Waals surface area contributed by atoms with Crippen LogP contribution in [0.1, 0.15) is 36.8 Å². The second kappa shape index (κ2) is 10.9. The van der Waals surface area contributed by atoms with Crippen LogP contribution in [0, 0.1) is 6.92 Å².